The molecule has 4 amide bonds. The molecule has 0 saturated heterocycles. The van der Waals surface area contributed by atoms with Crippen LogP contribution in [0.2, 0.25) is 0 Å². The van der Waals surface area contributed by atoms with E-state index in [0.717, 1.165) is 44.8 Å². The van der Waals surface area contributed by atoms with Crippen LogP contribution >= 0.6 is 0 Å². The fourth-order valence-corrected chi connectivity index (χ4v) is 7.59. The molecule has 0 saturated carbocycles. The van der Waals surface area contributed by atoms with Gasteiger partial charge in [-0.3, -0.25) is 28.3 Å². The Bertz CT molecular complexity index is 2240. The first-order valence-corrected chi connectivity index (χ1v) is 21.2. The molecule has 8 N–H and O–H groups in total. The largest absolute Gasteiger partial charge is 0.358 e. The van der Waals surface area contributed by atoms with Crippen LogP contribution < -0.4 is 21.3 Å². The monoisotopic (exact) mass is 802 g/mol. The average molecular weight is 803 g/mol. The van der Waals surface area contributed by atoms with Crippen LogP contribution in [0.15, 0.2) is 33.7 Å². The quantitative estimate of drug-likeness (QED) is 0.102. The Morgan fingerprint density at radius 1 is 0.655 bits per heavy atom. The number of hydrogen-bond acceptors (Lipinski definition) is 8. The molecule has 0 aliphatic carbocycles. The Labute approximate surface area is 321 Å². The van der Waals surface area contributed by atoms with Gasteiger partial charge in [0, 0.05) is 77.7 Å². The fraction of sp³-hybridized carbons (Fsp3) is 0.459. The summed E-state index contributed by atoms with van der Waals surface area (Å²) < 4.78 is 62.7. The number of carbonyl (C=O) groups excluding carboxylic acids is 4. The van der Waals surface area contributed by atoms with Crippen molar-refractivity contribution < 1.29 is 45.1 Å². The SMILES string of the molecule is CCC1=C(C)/C(=C/c2[nH]c(Cc3[nH]c(/C=C4\NC(=O)C(C)=C4CC)c(C)c3CCC(=O)NCCS(=O)(=O)O)c(CCC(=O)NCCS(=O)(=O)O)c2C)NC1=O. The number of H-pyrrole nitrogens is 2. The second kappa shape index (κ2) is 17.8. The van der Waals surface area contributed by atoms with E-state index in [9.17, 15) is 36.0 Å². The highest BCUT2D eigenvalue weighted by Gasteiger charge is 2.26. The highest BCUT2D eigenvalue weighted by molar-refractivity contribution is 7.86. The second-order valence-electron chi connectivity index (χ2n) is 13.6. The summed E-state index contributed by atoms with van der Waals surface area (Å²) in [6, 6.07) is 0. The summed E-state index contributed by atoms with van der Waals surface area (Å²) in [4.78, 5) is 57.7. The van der Waals surface area contributed by atoms with Crippen LogP contribution in [-0.2, 0) is 58.7 Å². The van der Waals surface area contributed by atoms with E-state index in [1.165, 1.54) is 0 Å². The average Bonchev–Trinajstić information content (AvgIpc) is 3.73. The molecule has 0 bridgehead atoms. The summed E-state index contributed by atoms with van der Waals surface area (Å²) >= 11 is 0. The number of nitrogens with one attached hydrogen (secondary N) is 6. The molecule has 4 rings (SSSR count). The first kappa shape index (κ1) is 43.0. The zero-order chi connectivity index (χ0) is 40.8. The lowest BCUT2D eigenvalue weighted by atomic mass is 9.98. The van der Waals surface area contributed by atoms with Crippen molar-refractivity contribution in [2.75, 3.05) is 24.6 Å². The minimum absolute atomic E-state index is 0.00565. The molecule has 0 radical (unpaired) electrons. The molecule has 2 aromatic rings. The normalized spacial score (nSPS) is 16.4. The van der Waals surface area contributed by atoms with Crippen LogP contribution in [0.25, 0.3) is 12.2 Å². The van der Waals surface area contributed by atoms with Gasteiger partial charge in [0.05, 0.1) is 11.5 Å². The van der Waals surface area contributed by atoms with E-state index < -0.39 is 43.6 Å². The standard InChI is InChI=1S/C37H50N6O10S2/c1-7-24-23(6)36(46)43-31(24)18-29-22(5)27(10-12-35(45)39-14-16-55(51,52)53)33(41-29)19-32-26(9-11-34(44)38-13-15-54(48,49)50)21(4)28(40-32)17-30-20(3)25(8-2)37(47)42-30/h17-18,40-41H,7-16,19H2,1-6H3,(H,38,44)(H,39,45)(H,42,47)(H,43,46)(H,48,49,50)(H,51,52,53)/b30-17-,31-18-. The zero-order valence-corrected chi connectivity index (χ0v) is 33.5. The van der Waals surface area contributed by atoms with Crippen molar-refractivity contribution >= 4 is 56.0 Å². The van der Waals surface area contributed by atoms with Gasteiger partial charge in [-0.1, -0.05) is 13.8 Å². The summed E-state index contributed by atoms with van der Waals surface area (Å²) in [5, 5.41) is 10.9. The molecular weight excluding hydrogens is 753 g/mol. The van der Waals surface area contributed by atoms with E-state index in [1.807, 2.05) is 46.8 Å². The van der Waals surface area contributed by atoms with Gasteiger partial charge >= 0.3 is 0 Å². The zero-order valence-electron chi connectivity index (χ0n) is 31.9. The molecule has 16 nitrogen and oxygen atoms in total. The minimum atomic E-state index is -4.25. The Kier molecular flexibility index (Phi) is 13.9. The highest BCUT2D eigenvalue weighted by Crippen LogP contribution is 2.32. The van der Waals surface area contributed by atoms with Crippen LogP contribution in [0.3, 0.4) is 0 Å². The Hall–Kier alpha value is -4.78. The van der Waals surface area contributed by atoms with Gasteiger partial charge in [0.2, 0.25) is 11.8 Å². The number of carbonyl (C=O) groups is 4. The Morgan fingerprint density at radius 3 is 1.51 bits per heavy atom. The van der Waals surface area contributed by atoms with Gasteiger partial charge in [0.25, 0.3) is 32.1 Å². The minimum Gasteiger partial charge on any atom is -0.358 e. The lowest BCUT2D eigenvalue weighted by molar-refractivity contribution is -0.121. The first-order chi connectivity index (χ1) is 25.7. The second-order valence-corrected chi connectivity index (χ2v) is 16.8. The van der Waals surface area contributed by atoms with Crippen molar-refractivity contribution in [3.63, 3.8) is 0 Å². The number of aromatic nitrogens is 2. The highest BCUT2D eigenvalue weighted by atomic mass is 32.2. The number of hydrogen-bond donors (Lipinski definition) is 8. The topological polar surface area (TPSA) is 257 Å². The van der Waals surface area contributed by atoms with Crippen molar-refractivity contribution in [3.05, 3.63) is 78.7 Å². The van der Waals surface area contributed by atoms with E-state index in [0.29, 0.717) is 46.8 Å². The van der Waals surface area contributed by atoms with Crippen molar-refractivity contribution in [2.45, 2.75) is 86.5 Å². The molecule has 2 aromatic heterocycles. The van der Waals surface area contributed by atoms with Gasteiger partial charge in [-0.05, 0) is 98.9 Å². The van der Waals surface area contributed by atoms with E-state index in [1.54, 1.807) is 6.92 Å². The number of amides is 4. The van der Waals surface area contributed by atoms with Crippen LogP contribution in [0, 0.1) is 13.8 Å². The van der Waals surface area contributed by atoms with Gasteiger partial charge in [-0.25, -0.2) is 0 Å². The molecule has 2 aliphatic heterocycles. The van der Waals surface area contributed by atoms with Crippen molar-refractivity contribution in [3.8, 4) is 0 Å². The van der Waals surface area contributed by atoms with Crippen LogP contribution in [0.5, 0.6) is 0 Å². The Balaban J connectivity index is 1.74. The molecule has 0 atom stereocenters. The molecule has 2 aliphatic rings. The number of aromatic amines is 2. The predicted octanol–water partition coefficient (Wildman–Crippen LogP) is 2.82. The van der Waals surface area contributed by atoms with Crippen molar-refractivity contribution in [1.29, 1.82) is 0 Å². The molecule has 0 aromatic carbocycles. The fourth-order valence-electron chi connectivity index (χ4n) is 6.87. The molecule has 0 unspecified atom stereocenters. The van der Waals surface area contributed by atoms with Gasteiger partial charge in [0.15, 0.2) is 0 Å². The van der Waals surface area contributed by atoms with E-state index in [2.05, 4.69) is 31.2 Å². The third kappa shape index (κ3) is 11.1. The summed E-state index contributed by atoms with van der Waals surface area (Å²) in [5.41, 5.74) is 10.5. The molecule has 55 heavy (non-hydrogen) atoms. The smallest absolute Gasteiger partial charge is 0.266 e. The van der Waals surface area contributed by atoms with Gasteiger partial charge in [-0.15, -0.1) is 0 Å². The van der Waals surface area contributed by atoms with Crippen LogP contribution in [-0.4, -0.2) is 84.1 Å². The lowest BCUT2D eigenvalue weighted by Crippen LogP contribution is -2.29. The maximum absolute atomic E-state index is 12.8. The molecule has 300 valence electrons. The first-order valence-electron chi connectivity index (χ1n) is 18.0. The van der Waals surface area contributed by atoms with Gasteiger partial charge < -0.3 is 31.2 Å². The third-order valence-electron chi connectivity index (χ3n) is 9.97. The molecule has 4 heterocycles. The molecule has 0 spiro atoms. The maximum atomic E-state index is 12.8. The summed E-state index contributed by atoms with van der Waals surface area (Å²) in [6.45, 7) is 10.8. The molecular formula is C37H50N6O10S2. The lowest BCUT2D eigenvalue weighted by Gasteiger charge is -2.09. The van der Waals surface area contributed by atoms with Crippen LogP contribution in [0.4, 0.5) is 0 Å². The van der Waals surface area contributed by atoms with E-state index >= 15 is 0 Å². The van der Waals surface area contributed by atoms with Gasteiger partial charge in [-0.2, -0.15) is 16.8 Å². The number of rotatable bonds is 18. The van der Waals surface area contributed by atoms with Crippen molar-refractivity contribution in [2.24, 2.45) is 0 Å². The molecule has 0 fully saturated rings. The third-order valence-corrected chi connectivity index (χ3v) is 11.4. The van der Waals surface area contributed by atoms with Crippen LogP contribution in [0.1, 0.15) is 98.4 Å². The summed E-state index contributed by atoms with van der Waals surface area (Å²) in [6.07, 6.45) is 5.72. The summed E-state index contributed by atoms with van der Waals surface area (Å²) in [5.74, 6) is -2.41. The Morgan fingerprint density at radius 2 is 1.09 bits per heavy atom. The summed E-state index contributed by atoms with van der Waals surface area (Å²) in [7, 11) is -8.50. The number of allylic oxidation sites excluding steroid dienone is 2. The van der Waals surface area contributed by atoms with E-state index in [4.69, 9.17) is 9.11 Å². The van der Waals surface area contributed by atoms with Crippen molar-refractivity contribution in [1.82, 2.24) is 31.2 Å². The predicted molar refractivity (Wildman–Crippen MR) is 208 cm³/mol. The van der Waals surface area contributed by atoms with Gasteiger partial charge in [0.1, 0.15) is 0 Å². The molecule has 18 heteroatoms. The maximum Gasteiger partial charge on any atom is 0.266 e. The van der Waals surface area contributed by atoms with E-state index in [-0.39, 0.29) is 57.0 Å².